The third-order valence-electron chi connectivity index (χ3n) is 6.71. The molecule has 0 aromatic heterocycles. The number of carbonyl (C=O) groups is 2. The molecule has 6 nitrogen and oxygen atoms in total. The number of amides is 3. The molecule has 0 atom stereocenters. The van der Waals surface area contributed by atoms with Crippen molar-refractivity contribution >= 4 is 17.6 Å². The SMILES string of the molecule is O=C1NC2(CCCCCCC2)C(=O)N1CN1CCN(c2cccc(C(F)(F)F)c2)CC1. The predicted octanol–water partition coefficient (Wildman–Crippen LogP) is 3.82. The Balaban J connectivity index is 1.36. The monoisotopic (exact) mass is 438 g/mol. The Kier molecular flexibility index (Phi) is 6.14. The molecule has 1 aliphatic carbocycles. The van der Waals surface area contributed by atoms with Gasteiger partial charge in [0.05, 0.1) is 12.2 Å². The fourth-order valence-corrected chi connectivity index (χ4v) is 4.88. The van der Waals surface area contributed by atoms with E-state index in [4.69, 9.17) is 0 Å². The van der Waals surface area contributed by atoms with Crippen molar-refractivity contribution in [2.45, 2.75) is 56.7 Å². The Bertz CT molecular complexity index is 813. The molecule has 1 N–H and O–H groups in total. The zero-order valence-corrected chi connectivity index (χ0v) is 17.6. The first-order valence-corrected chi connectivity index (χ1v) is 11.1. The highest BCUT2D eigenvalue weighted by atomic mass is 19.4. The third kappa shape index (κ3) is 4.66. The van der Waals surface area contributed by atoms with Crippen molar-refractivity contribution in [3.05, 3.63) is 29.8 Å². The largest absolute Gasteiger partial charge is 0.416 e. The van der Waals surface area contributed by atoms with Gasteiger partial charge >= 0.3 is 12.2 Å². The lowest BCUT2D eigenvalue weighted by molar-refractivity contribution is -0.137. The smallest absolute Gasteiger partial charge is 0.369 e. The van der Waals surface area contributed by atoms with E-state index < -0.39 is 17.3 Å². The Hall–Kier alpha value is -2.29. The second-order valence-corrected chi connectivity index (χ2v) is 8.81. The van der Waals surface area contributed by atoms with Gasteiger partial charge in [0, 0.05) is 31.9 Å². The number of imide groups is 1. The van der Waals surface area contributed by atoms with Crippen LogP contribution in [0.5, 0.6) is 0 Å². The summed E-state index contributed by atoms with van der Waals surface area (Å²) in [5, 5.41) is 2.98. The summed E-state index contributed by atoms with van der Waals surface area (Å²) in [7, 11) is 0. The van der Waals surface area contributed by atoms with Crippen LogP contribution in [0.2, 0.25) is 0 Å². The topological polar surface area (TPSA) is 55.9 Å². The van der Waals surface area contributed by atoms with Gasteiger partial charge in [-0.3, -0.25) is 9.69 Å². The van der Waals surface area contributed by atoms with Gasteiger partial charge in [-0.25, -0.2) is 9.69 Å². The molecule has 1 aromatic carbocycles. The van der Waals surface area contributed by atoms with Crippen molar-refractivity contribution in [2.75, 3.05) is 37.7 Å². The van der Waals surface area contributed by atoms with Crippen LogP contribution in [0.4, 0.5) is 23.7 Å². The minimum atomic E-state index is -4.37. The fourth-order valence-electron chi connectivity index (χ4n) is 4.88. The highest BCUT2D eigenvalue weighted by molar-refractivity contribution is 6.07. The highest BCUT2D eigenvalue weighted by Crippen LogP contribution is 2.33. The van der Waals surface area contributed by atoms with Gasteiger partial charge in [0.15, 0.2) is 0 Å². The zero-order chi connectivity index (χ0) is 22.1. The van der Waals surface area contributed by atoms with Gasteiger partial charge in [0.2, 0.25) is 0 Å². The number of nitrogens with one attached hydrogen (secondary N) is 1. The lowest BCUT2D eigenvalue weighted by atomic mass is 9.84. The van der Waals surface area contributed by atoms with Crippen molar-refractivity contribution in [3.8, 4) is 0 Å². The quantitative estimate of drug-likeness (QED) is 0.729. The lowest BCUT2D eigenvalue weighted by Gasteiger charge is -2.37. The molecular weight excluding hydrogens is 409 g/mol. The molecule has 0 radical (unpaired) electrons. The van der Waals surface area contributed by atoms with Crippen LogP contribution in [-0.4, -0.2) is 60.1 Å². The van der Waals surface area contributed by atoms with Crippen LogP contribution in [0, 0.1) is 0 Å². The number of alkyl halides is 3. The van der Waals surface area contributed by atoms with Crippen LogP contribution in [-0.2, 0) is 11.0 Å². The van der Waals surface area contributed by atoms with Crippen molar-refractivity contribution in [1.29, 1.82) is 0 Å². The van der Waals surface area contributed by atoms with E-state index in [1.54, 1.807) is 6.07 Å². The van der Waals surface area contributed by atoms with Crippen LogP contribution in [0.1, 0.15) is 50.5 Å². The zero-order valence-electron chi connectivity index (χ0n) is 17.6. The molecular formula is C22H29F3N4O2. The number of halogens is 3. The molecule has 3 amide bonds. The second kappa shape index (κ2) is 8.68. The van der Waals surface area contributed by atoms with E-state index in [0.717, 1.165) is 31.7 Å². The molecule has 0 bridgehead atoms. The maximum absolute atomic E-state index is 13.1. The molecule has 31 heavy (non-hydrogen) atoms. The van der Waals surface area contributed by atoms with Crippen LogP contribution in [0.25, 0.3) is 0 Å². The maximum Gasteiger partial charge on any atom is 0.416 e. The lowest BCUT2D eigenvalue weighted by Crippen LogP contribution is -2.52. The summed E-state index contributed by atoms with van der Waals surface area (Å²) < 4.78 is 39.0. The molecule has 2 saturated heterocycles. The number of piperazine rings is 1. The number of urea groups is 1. The van der Waals surface area contributed by atoms with E-state index in [-0.39, 0.29) is 18.6 Å². The van der Waals surface area contributed by atoms with Gasteiger partial charge in [-0.1, -0.05) is 38.2 Å². The Morgan fingerprint density at radius 2 is 1.58 bits per heavy atom. The summed E-state index contributed by atoms with van der Waals surface area (Å²) >= 11 is 0. The number of nitrogens with zero attached hydrogens (tertiary/aromatic N) is 3. The summed E-state index contributed by atoms with van der Waals surface area (Å²) in [6.45, 7) is 2.44. The first-order chi connectivity index (χ1) is 14.8. The van der Waals surface area contributed by atoms with Gasteiger partial charge in [-0.05, 0) is 31.0 Å². The first kappa shape index (κ1) is 21.9. The van der Waals surface area contributed by atoms with Gasteiger partial charge in [-0.15, -0.1) is 0 Å². The molecule has 1 spiro atoms. The Labute approximate surface area is 180 Å². The molecule has 9 heteroatoms. The number of anilines is 1. The van der Waals surface area contributed by atoms with Gasteiger partial charge in [-0.2, -0.15) is 13.2 Å². The minimum Gasteiger partial charge on any atom is -0.369 e. The summed E-state index contributed by atoms with van der Waals surface area (Å²) in [6.07, 6.45) is 2.25. The second-order valence-electron chi connectivity index (χ2n) is 8.81. The summed E-state index contributed by atoms with van der Waals surface area (Å²) in [4.78, 5) is 31.0. The molecule has 3 fully saturated rings. The molecule has 1 saturated carbocycles. The van der Waals surface area contributed by atoms with E-state index in [1.165, 1.54) is 23.5 Å². The van der Waals surface area contributed by atoms with Crippen molar-refractivity contribution < 1.29 is 22.8 Å². The van der Waals surface area contributed by atoms with Crippen LogP contribution < -0.4 is 10.2 Å². The van der Waals surface area contributed by atoms with E-state index >= 15 is 0 Å². The first-order valence-electron chi connectivity index (χ1n) is 11.1. The van der Waals surface area contributed by atoms with Crippen molar-refractivity contribution in [3.63, 3.8) is 0 Å². The van der Waals surface area contributed by atoms with Crippen LogP contribution >= 0.6 is 0 Å². The highest BCUT2D eigenvalue weighted by Gasteiger charge is 2.50. The standard InChI is InChI=1S/C22H29F3N4O2/c23-22(24,25)17-7-6-8-18(15-17)28-13-11-27(12-14-28)16-29-19(30)21(26-20(29)31)9-4-2-1-3-5-10-21/h6-8,15H,1-5,9-14,16H2,(H,26,31). The number of rotatable bonds is 3. The summed E-state index contributed by atoms with van der Waals surface area (Å²) in [6, 6.07) is 5.02. The minimum absolute atomic E-state index is 0.125. The molecule has 3 aliphatic rings. The summed E-state index contributed by atoms with van der Waals surface area (Å²) in [5.74, 6) is -0.125. The van der Waals surface area contributed by atoms with Gasteiger partial charge < -0.3 is 10.2 Å². The van der Waals surface area contributed by atoms with Gasteiger partial charge in [0.25, 0.3) is 5.91 Å². The van der Waals surface area contributed by atoms with Crippen molar-refractivity contribution in [2.24, 2.45) is 0 Å². The molecule has 2 aliphatic heterocycles. The Morgan fingerprint density at radius 3 is 2.23 bits per heavy atom. The number of hydrogen-bond acceptors (Lipinski definition) is 4. The number of benzene rings is 1. The van der Waals surface area contributed by atoms with E-state index in [9.17, 15) is 22.8 Å². The third-order valence-corrected chi connectivity index (χ3v) is 6.71. The molecule has 0 unspecified atom stereocenters. The normalized spacial score (nSPS) is 23.1. The van der Waals surface area contributed by atoms with Crippen molar-refractivity contribution in [1.82, 2.24) is 15.1 Å². The average Bonchev–Trinajstić information content (AvgIpc) is 2.96. The van der Waals surface area contributed by atoms with E-state index in [0.29, 0.717) is 44.7 Å². The average molecular weight is 438 g/mol. The number of carbonyl (C=O) groups excluding carboxylic acids is 2. The Morgan fingerprint density at radius 1 is 0.935 bits per heavy atom. The molecule has 1 aromatic rings. The fraction of sp³-hybridized carbons (Fsp3) is 0.636. The molecule has 4 rings (SSSR count). The molecule has 170 valence electrons. The summed E-state index contributed by atoms with van der Waals surface area (Å²) in [5.41, 5.74) is -0.869. The van der Waals surface area contributed by atoms with E-state index in [1.807, 2.05) is 9.80 Å². The van der Waals surface area contributed by atoms with Crippen LogP contribution in [0.3, 0.4) is 0 Å². The maximum atomic E-state index is 13.1. The van der Waals surface area contributed by atoms with Gasteiger partial charge in [0.1, 0.15) is 5.54 Å². The number of hydrogen-bond donors (Lipinski definition) is 1. The predicted molar refractivity (Wildman–Crippen MR) is 111 cm³/mol. The van der Waals surface area contributed by atoms with Crippen LogP contribution in [0.15, 0.2) is 24.3 Å². The molecule has 2 heterocycles. The van der Waals surface area contributed by atoms with E-state index in [2.05, 4.69) is 5.32 Å².